The molecule has 2 amide bonds. The second-order valence-electron chi connectivity index (χ2n) is 12.4. The van der Waals surface area contributed by atoms with Gasteiger partial charge in [-0.2, -0.15) is 0 Å². The lowest BCUT2D eigenvalue weighted by Gasteiger charge is -2.38. The molecule has 9 heteroatoms. The molecule has 1 heterocycles. The highest BCUT2D eigenvalue weighted by molar-refractivity contribution is 6.30. The fourth-order valence-electron chi connectivity index (χ4n) is 6.62. The van der Waals surface area contributed by atoms with Crippen molar-refractivity contribution in [2.75, 3.05) is 43.7 Å². The number of aliphatic hydroxyl groups excluding tert-OH is 1. The lowest BCUT2D eigenvalue weighted by atomic mass is 9.81. The highest BCUT2D eigenvalue weighted by Gasteiger charge is 2.36. The summed E-state index contributed by atoms with van der Waals surface area (Å²) in [7, 11) is 3.71. The Labute approximate surface area is 271 Å². The van der Waals surface area contributed by atoms with Crippen LogP contribution in [0.4, 0.5) is 11.4 Å². The normalized spacial score (nSPS) is 19.7. The minimum Gasteiger partial charge on any atom is -0.493 e. The van der Waals surface area contributed by atoms with E-state index in [0.717, 1.165) is 60.3 Å². The molecule has 1 aliphatic heterocycles. The molecule has 1 atom stereocenters. The summed E-state index contributed by atoms with van der Waals surface area (Å²) in [6.07, 6.45) is 3.95. The van der Waals surface area contributed by atoms with Crippen LogP contribution in [0.15, 0.2) is 60.7 Å². The summed E-state index contributed by atoms with van der Waals surface area (Å²) in [4.78, 5) is 30.3. The van der Waals surface area contributed by atoms with Crippen molar-refractivity contribution >= 4 is 34.8 Å². The molecule has 1 saturated carbocycles. The van der Waals surface area contributed by atoms with E-state index < -0.39 is 0 Å². The summed E-state index contributed by atoms with van der Waals surface area (Å²) in [5.41, 5.74) is 4.76. The number of halogens is 1. The second kappa shape index (κ2) is 14.6. The number of ether oxygens (including phenoxy) is 2. The van der Waals surface area contributed by atoms with Crippen LogP contribution < -0.4 is 24.6 Å². The van der Waals surface area contributed by atoms with Gasteiger partial charge < -0.3 is 29.7 Å². The molecule has 45 heavy (non-hydrogen) atoms. The van der Waals surface area contributed by atoms with E-state index in [1.54, 1.807) is 7.11 Å². The van der Waals surface area contributed by atoms with Gasteiger partial charge in [0.15, 0.2) is 11.5 Å². The van der Waals surface area contributed by atoms with Crippen molar-refractivity contribution in [2.24, 2.45) is 11.8 Å². The smallest absolute Gasteiger partial charge is 0.232 e. The molecule has 2 aliphatic rings. The van der Waals surface area contributed by atoms with Crippen LogP contribution >= 0.6 is 11.6 Å². The molecule has 0 spiro atoms. The Balaban J connectivity index is 1.37. The maximum Gasteiger partial charge on any atom is 0.232 e. The molecule has 8 nitrogen and oxygen atoms in total. The van der Waals surface area contributed by atoms with Crippen LogP contribution in [0.25, 0.3) is 0 Å². The fraction of sp³-hybridized carbons (Fsp3) is 0.444. The number of amides is 2. The molecule has 3 aromatic carbocycles. The maximum atomic E-state index is 13.9. The summed E-state index contributed by atoms with van der Waals surface area (Å²) in [5.74, 6) is 1.86. The van der Waals surface area contributed by atoms with E-state index in [0.29, 0.717) is 29.0 Å². The van der Waals surface area contributed by atoms with Gasteiger partial charge in [0.05, 0.1) is 32.3 Å². The molecule has 0 bridgehead atoms. The van der Waals surface area contributed by atoms with E-state index in [1.807, 2.05) is 67.3 Å². The zero-order chi connectivity index (χ0) is 32.1. The molecular weight excluding hydrogens is 590 g/mol. The van der Waals surface area contributed by atoms with Crippen molar-refractivity contribution in [3.63, 3.8) is 0 Å². The number of fused-ring (bicyclic) bond motifs is 1. The van der Waals surface area contributed by atoms with Crippen molar-refractivity contribution in [2.45, 2.75) is 58.1 Å². The van der Waals surface area contributed by atoms with Crippen LogP contribution in [-0.2, 0) is 16.0 Å². The number of carbonyl (C=O) groups is 2. The summed E-state index contributed by atoms with van der Waals surface area (Å²) >= 11 is 6.26. The molecule has 240 valence electrons. The van der Waals surface area contributed by atoms with E-state index in [9.17, 15) is 9.59 Å². The van der Waals surface area contributed by atoms with Gasteiger partial charge in [0.2, 0.25) is 11.8 Å². The van der Waals surface area contributed by atoms with E-state index in [2.05, 4.69) is 29.4 Å². The standard InChI is InChI=1S/C36H44ClN3O5/c1-23(2)45-33-21-31-27(19-32(33)44-4)20-34(42)40(35(31)25-9-11-28(37)12-10-25)30-15-13-29(14-16-30)39(3)22-24-5-7-26(8-6-24)36(43)38-17-18-41/h9-16,19,21,23-24,26,35,41H,5-8,17-18,20,22H2,1-4H3,(H,38,43)/t24-,26-,35-/m0/s1. The third-order valence-corrected chi connectivity index (χ3v) is 9.12. The number of rotatable bonds is 11. The van der Waals surface area contributed by atoms with Crippen molar-refractivity contribution in [3.05, 3.63) is 82.4 Å². The number of benzene rings is 3. The fourth-order valence-corrected chi connectivity index (χ4v) is 6.75. The number of nitrogens with zero attached hydrogens (tertiary/aromatic N) is 2. The van der Waals surface area contributed by atoms with Crippen molar-refractivity contribution in [1.29, 1.82) is 0 Å². The number of hydrogen-bond donors (Lipinski definition) is 2. The van der Waals surface area contributed by atoms with Crippen molar-refractivity contribution in [1.82, 2.24) is 5.32 Å². The van der Waals surface area contributed by atoms with Crippen LogP contribution in [0, 0.1) is 11.8 Å². The molecule has 3 aromatic rings. The average molecular weight is 634 g/mol. The van der Waals surface area contributed by atoms with Gasteiger partial charge in [-0.25, -0.2) is 0 Å². The lowest BCUT2D eigenvalue weighted by Crippen LogP contribution is -2.41. The Morgan fingerprint density at radius 1 is 1.04 bits per heavy atom. The van der Waals surface area contributed by atoms with Gasteiger partial charge >= 0.3 is 0 Å². The Morgan fingerprint density at radius 2 is 1.73 bits per heavy atom. The number of nitrogens with one attached hydrogen (secondary N) is 1. The van der Waals surface area contributed by atoms with Crippen molar-refractivity contribution in [3.8, 4) is 11.5 Å². The SMILES string of the molecule is COc1cc2c(cc1OC(C)C)[C@H](c1ccc(Cl)cc1)N(c1ccc(N(C)C[C@H]3CC[C@H](C(=O)NCCO)CC3)cc1)C(=O)C2. The third kappa shape index (κ3) is 7.56. The van der Waals surface area contributed by atoms with Crippen molar-refractivity contribution < 1.29 is 24.2 Å². The van der Waals surface area contributed by atoms with Crippen LogP contribution in [-0.4, -0.2) is 56.9 Å². The number of methoxy groups -OCH3 is 1. The molecule has 0 radical (unpaired) electrons. The van der Waals surface area contributed by atoms with Crippen LogP contribution in [0.3, 0.4) is 0 Å². The summed E-state index contributed by atoms with van der Waals surface area (Å²) in [5, 5.41) is 12.4. The first-order valence-electron chi connectivity index (χ1n) is 15.8. The highest BCUT2D eigenvalue weighted by atomic mass is 35.5. The minimum absolute atomic E-state index is 0.00270. The van der Waals surface area contributed by atoms with Gasteiger partial charge in [-0.1, -0.05) is 23.7 Å². The highest BCUT2D eigenvalue weighted by Crippen LogP contribution is 2.44. The number of aliphatic hydroxyl groups is 1. The van der Waals surface area contributed by atoms with Crippen LogP contribution in [0.1, 0.15) is 62.3 Å². The second-order valence-corrected chi connectivity index (χ2v) is 12.8. The zero-order valence-corrected chi connectivity index (χ0v) is 27.3. The predicted octanol–water partition coefficient (Wildman–Crippen LogP) is 6.17. The molecule has 0 saturated heterocycles. The molecule has 1 fully saturated rings. The van der Waals surface area contributed by atoms with Gasteiger partial charge in [0.25, 0.3) is 0 Å². The molecule has 2 N–H and O–H groups in total. The van der Waals surface area contributed by atoms with E-state index in [-0.39, 0.29) is 42.9 Å². The Morgan fingerprint density at radius 3 is 2.36 bits per heavy atom. The Hall–Kier alpha value is -3.75. The van der Waals surface area contributed by atoms with Gasteiger partial charge in [0.1, 0.15) is 0 Å². The van der Waals surface area contributed by atoms with Crippen LogP contribution in [0.5, 0.6) is 11.5 Å². The number of anilines is 2. The largest absolute Gasteiger partial charge is 0.493 e. The topological polar surface area (TPSA) is 91.3 Å². The monoisotopic (exact) mass is 633 g/mol. The first-order valence-corrected chi connectivity index (χ1v) is 16.2. The number of carbonyl (C=O) groups excluding carboxylic acids is 2. The molecule has 0 aromatic heterocycles. The Kier molecular flexibility index (Phi) is 10.6. The van der Waals surface area contributed by atoms with Crippen LogP contribution in [0.2, 0.25) is 5.02 Å². The van der Waals surface area contributed by atoms with Gasteiger partial charge in [-0.05, 0) is 111 Å². The van der Waals surface area contributed by atoms with E-state index in [1.165, 1.54) is 0 Å². The van der Waals surface area contributed by atoms with Gasteiger partial charge in [0, 0.05) is 42.5 Å². The summed E-state index contributed by atoms with van der Waals surface area (Å²) in [6, 6.07) is 19.4. The number of hydrogen-bond acceptors (Lipinski definition) is 6. The zero-order valence-electron chi connectivity index (χ0n) is 26.6. The Bertz CT molecular complexity index is 1470. The lowest BCUT2D eigenvalue weighted by molar-refractivity contribution is -0.126. The summed E-state index contributed by atoms with van der Waals surface area (Å²) < 4.78 is 11.8. The molecule has 5 rings (SSSR count). The molecule has 0 unspecified atom stereocenters. The third-order valence-electron chi connectivity index (χ3n) is 8.87. The molecular formula is C36H44ClN3O5. The van der Waals surface area contributed by atoms with Gasteiger partial charge in [-0.3, -0.25) is 9.59 Å². The predicted molar refractivity (Wildman–Crippen MR) is 178 cm³/mol. The quantitative estimate of drug-likeness (QED) is 0.263. The summed E-state index contributed by atoms with van der Waals surface area (Å²) in [6.45, 7) is 5.14. The minimum atomic E-state index is -0.368. The first-order chi connectivity index (χ1) is 21.7. The first kappa shape index (κ1) is 32.6. The van der Waals surface area contributed by atoms with E-state index >= 15 is 0 Å². The van der Waals surface area contributed by atoms with E-state index in [4.69, 9.17) is 26.2 Å². The maximum absolute atomic E-state index is 13.9. The average Bonchev–Trinajstić information content (AvgIpc) is 3.03. The molecule has 1 aliphatic carbocycles. The van der Waals surface area contributed by atoms with Gasteiger partial charge in [-0.15, -0.1) is 0 Å².